The minimum atomic E-state index is -0.506. The molecule has 0 saturated carbocycles. The molecule has 4 heteroatoms. The van der Waals surface area contributed by atoms with Crippen LogP contribution in [0, 0.1) is 5.92 Å². The molecular weight excluding hydrogens is 252 g/mol. The van der Waals surface area contributed by atoms with Crippen molar-refractivity contribution < 1.29 is 9.59 Å². The summed E-state index contributed by atoms with van der Waals surface area (Å²) < 4.78 is 0. The van der Waals surface area contributed by atoms with Gasteiger partial charge in [0.2, 0.25) is 5.91 Å². The second kappa shape index (κ2) is 4.63. The number of benzene rings is 2. The van der Waals surface area contributed by atoms with Crippen molar-refractivity contribution in [3.05, 3.63) is 42.0 Å². The van der Waals surface area contributed by atoms with E-state index in [0.717, 1.165) is 10.8 Å². The van der Waals surface area contributed by atoms with Gasteiger partial charge in [0, 0.05) is 5.39 Å². The lowest BCUT2D eigenvalue weighted by atomic mass is 10.0. The molecule has 2 N–H and O–H groups in total. The molecular formula is C16H16N2O2. The van der Waals surface area contributed by atoms with Gasteiger partial charge in [-0.25, -0.2) is 0 Å². The standard InChI is InChI=1S/C16H16N2O2/c1-9(2)13-16(20)18-14-11-6-4-3-5-10(11)7-8-12(14)15(19)17-13/h3-9,13H,1-2H3,(H,17,19)(H,18,20). The zero-order valence-corrected chi connectivity index (χ0v) is 11.4. The fraction of sp³-hybridized carbons (Fsp3) is 0.250. The van der Waals surface area contributed by atoms with Gasteiger partial charge in [-0.15, -0.1) is 0 Å². The Morgan fingerprint density at radius 2 is 1.80 bits per heavy atom. The summed E-state index contributed by atoms with van der Waals surface area (Å²) >= 11 is 0. The van der Waals surface area contributed by atoms with Gasteiger partial charge in [-0.05, 0) is 17.4 Å². The number of anilines is 1. The number of fused-ring (bicyclic) bond motifs is 3. The van der Waals surface area contributed by atoms with Gasteiger partial charge in [-0.1, -0.05) is 44.2 Å². The van der Waals surface area contributed by atoms with Gasteiger partial charge < -0.3 is 10.6 Å². The third kappa shape index (κ3) is 1.93. The van der Waals surface area contributed by atoms with Crippen LogP contribution in [0.1, 0.15) is 24.2 Å². The normalized spacial score (nSPS) is 18.4. The molecule has 2 amide bonds. The Morgan fingerprint density at radius 1 is 1.05 bits per heavy atom. The van der Waals surface area contributed by atoms with Crippen LogP contribution in [-0.4, -0.2) is 17.9 Å². The molecule has 1 heterocycles. The summed E-state index contributed by atoms with van der Waals surface area (Å²) in [7, 11) is 0. The predicted octanol–water partition coefficient (Wildman–Crippen LogP) is 2.55. The first-order chi connectivity index (χ1) is 9.58. The van der Waals surface area contributed by atoms with Crippen molar-refractivity contribution in [3.63, 3.8) is 0 Å². The Hall–Kier alpha value is -2.36. The SMILES string of the molecule is CC(C)C1NC(=O)c2ccc3ccccc3c2NC1=O. The summed E-state index contributed by atoms with van der Waals surface area (Å²) in [6.45, 7) is 3.83. The van der Waals surface area contributed by atoms with Crippen LogP contribution in [0.15, 0.2) is 36.4 Å². The number of carbonyl (C=O) groups is 2. The summed E-state index contributed by atoms with van der Waals surface area (Å²) in [4.78, 5) is 24.6. The van der Waals surface area contributed by atoms with Crippen LogP contribution in [-0.2, 0) is 4.79 Å². The minimum absolute atomic E-state index is 0.0412. The molecule has 3 rings (SSSR count). The van der Waals surface area contributed by atoms with Gasteiger partial charge >= 0.3 is 0 Å². The average molecular weight is 268 g/mol. The largest absolute Gasteiger partial charge is 0.340 e. The van der Waals surface area contributed by atoms with Crippen LogP contribution in [0.5, 0.6) is 0 Å². The molecule has 0 fully saturated rings. The lowest BCUT2D eigenvalue weighted by Gasteiger charge is -2.17. The first-order valence-corrected chi connectivity index (χ1v) is 6.71. The van der Waals surface area contributed by atoms with Crippen molar-refractivity contribution >= 4 is 28.3 Å². The third-order valence-corrected chi connectivity index (χ3v) is 3.66. The minimum Gasteiger partial charge on any atom is -0.340 e. The molecule has 1 aliphatic heterocycles. The van der Waals surface area contributed by atoms with Gasteiger partial charge in [0.15, 0.2) is 0 Å². The highest BCUT2D eigenvalue weighted by Crippen LogP contribution is 2.29. The number of carbonyl (C=O) groups excluding carboxylic acids is 2. The second-order valence-corrected chi connectivity index (χ2v) is 5.39. The Morgan fingerprint density at radius 3 is 2.55 bits per heavy atom. The van der Waals surface area contributed by atoms with Crippen molar-refractivity contribution in [1.82, 2.24) is 5.32 Å². The quantitative estimate of drug-likeness (QED) is 0.835. The summed E-state index contributed by atoms with van der Waals surface area (Å²) in [5, 5.41) is 7.59. The molecule has 0 saturated heterocycles. The molecule has 0 aliphatic carbocycles. The monoisotopic (exact) mass is 268 g/mol. The fourth-order valence-corrected chi connectivity index (χ4v) is 2.55. The molecule has 0 bridgehead atoms. The summed E-state index contributed by atoms with van der Waals surface area (Å²) in [5.74, 6) is -0.328. The highest BCUT2D eigenvalue weighted by atomic mass is 16.2. The number of nitrogens with one attached hydrogen (secondary N) is 2. The molecule has 0 radical (unpaired) electrons. The van der Waals surface area contributed by atoms with Crippen molar-refractivity contribution in [2.45, 2.75) is 19.9 Å². The van der Waals surface area contributed by atoms with E-state index in [2.05, 4.69) is 10.6 Å². The van der Waals surface area contributed by atoms with Crippen molar-refractivity contribution in [3.8, 4) is 0 Å². The topological polar surface area (TPSA) is 58.2 Å². The van der Waals surface area contributed by atoms with Crippen LogP contribution in [0.25, 0.3) is 10.8 Å². The highest BCUT2D eigenvalue weighted by Gasteiger charge is 2.30. The van der Waals surface area contributed by atoms with E-state index in [0.29, 0.717) is 11.3 Å². The zero-order valence-electron chi connectivity index (χ0n) is 11.4. The Kier molecular flexibility index (Phi) is 2.93. The first-order valence-electron chi connectivity index (χ1n) is 6.71. The van der Waals surface area contributed by atoms with Gasteiger partial charge in [-0.2, -0.15) is 0 Å². The number of amides is 2. The molecule has 0 aromatic heterocycles. The second-order valence-electron chi connectivity index (χ2n) is 5.39. The highest BCUT2D eigenvalue weighted by molar-refractivity contribution is 6.16. The van der Waals surface area contributed by atoms with E-state index < -0.39 is 6.04 Å². The Balaban J connectivity index is 2.19. The molecule has 1 aliphatic rings. The summed E-state index contributed by atoms with van der Waals surface area (Å²) in [6, 6.07) is 10.9. The van der Waals surface area contributed by atoms with Crippen molar-refractivity contribution in [2.24, 2.45) is 5.92 Å². The Labute approximate surface area is 117 Å². The van der Waals surface area contributed by atoms with Gasteiger partial charge in [0.1, 0.15) is 6.04 Å². The molecule has 2 aromatic rings. The zero-order chi connectivity index (χ0) is 14.3. The van der Waals surface area contributed by atoms with Crippen LogP contribution in [0.3, 0.4) is 0 Å². The van der Waals surface area contributed by atoms with Crippen molar-refractivity contribution in [1.29, 1.82) is 0 Å². The smallest absolute Gasteiger partial charge is 0.254 e. The maximum atomic E-state index is 12.3. The van der Waals surface area contributed by atoms with Gasteiger partial charge in [0.25, 0.3) is 5.91 Å². The van der Waals surface area contributed by atoms with Crippen molar-refractivity contribution in [2.75, 3.05) is 5.32 Å². The van der Waals surface area contributed by atoms with E-state index in [9.17, 15) is 9.59 Å². The molecule has 1 unspecified atom stereocenters. The van der Waals surface area contributed by atoms with E-state index in [1.54, 1.807) is 6.07 Å². The van der Waals surface area contributed by atoms with Gasteiger partial charge in [-0.3, -0.25) is 9.59 Å². The molecule has 102 valence electrons. The van der Waals surface area contributed by atoms with E-state index >= 15 is 0 Å². The van der Waals surface area contributed by atoms with Crippen LogP contribution in [0.4, 0.5) is 5.69 Å². The van der Waals surface area contributed by atoms with E-state index in [-0.39, 0.29) is 17.7 Å². The summed E-state index contributed by atoms with van der Waals surface area (Å²) in [6.07, 6.45) is 0. The van der Waals surface area contributed by atoms with Gasteiger partial charge in [0.05, 0.1) is 11.3 Å². The molecule has 20 heavy (non-hydrogen) atoms. The molecule has 1 atom stereocenters. The molecule has 2 aromatic carbocycles. The predicted molar refractivity (Wildman–Crippen MR) is 78.7 cm³/mol. The van der Waals surface area contributed by atoms with Crippen LogP contribution in [0.2, 0.25) is 0 Å². The lowest BCUT2D eigenvalue weighted by Crippen LogP contribution is -2.44. The maximum absolute atomic E-state index is 12.3. The first kappa shape index (κ1) is 12.7. The summed E-state index contributed by atoms with van der Waals surface area (Å²) in [5.41, 5.74) is 1.12. The third-order valence-electron chi connectivity index (χ3n) is 3.66. The van der Waals surface area contributed by atoms with Crippen LogP contribution < -0.4 is 10.6 Å². The molecule has 4 nitrogen and oxygen atoms in total. The lowest BCUT2D eigenvalue weighted by molar-refractivity contribution is -0.118. The number of rotatable bonds is 1. The van der Waals surface area contributed by atoms with Crippen LogP contribution >= 0.6 is 0 Å². The van der Waals surface area contributed by atoms with E-state index in [1.807, 2.05) is 44.2 Å². The number of hydrogen-bond acceptors (Lipinski definition) is 2. The van der Waals surface area contributed by atoms with E-state index in [4.69, 9.17) is 0 Å². The average Bonchev–Trinajstić information content (AvgIpc) is 2.56. The maximum Gasteiger partial charge on any atom is 0.254 e. The fourth-order valence-electron chi connectivity index (χ4n) is 2.55. The molecule has 0 spiro atoms. The Bertz CT molecular complexity index is 707. The van der Waals surface area contributed by atoms with E-state index in [1.165, 1.54) is 0 Å². The number of hydrogen-bond donors (Lipinski definition) is 2.